The number of carbonyl (C=O) groups excluding carboxylic acids is 1. The van der Waals surface area contributed by atoms with Gasteiger partial charge < -0.3 is 15.8 Å². The van der Waals surface area contributed by atoms with E-state index in [1.165, 1.54) is 32.1 Å². The zero-order valence-corrected chi connectivity index (χ0v) is 13.2. The van der Waals surface area contributed by atoms with Gasteiger partial charge in [-0.2, -0.15) is 0 Å². The molecule has 2 fully saturated rings. The lowest BCUT2D eigenvalue weighted by Crippen LogP contribution is -2.52. The van der Waals surface area contributed by atoms with Crippen molar-refractivity contribution in [3.05, 3.63) is 0 Å². The number of hydrogen-bond acceptors (Lipinski definition) is 3. The zero-order valence-electron chi connectivity index (χ0n) is 13.2. The van der Waals surface area contributed by atoms with E-state index in [2.05, 4.69) is 5.16 Å². The number of hydrogen-bond donors (Lipinski definition) is 2. The second kappa shape index (κ2) is 7.14. The maximum absolute atomic E-state index is 12.9. The van der Waals surface area contributed by atoms with Crippen LogP contribution in [0.25, 0.3) is 0 Å². The van der Waals surface area contributed by atoms with Gasteiger partial charge in [-0.25, -0.2) is 0 Å². The minimum atomic E-state index is -0.767. The van der Waals surface area contributed by atoms with Gasteiger partial charge in [0.2, 0.25) is 5.91 Å². The maximum atomic E-state index is 12.9. The molecule has 5 heteroatoms. The second-order valence-corrected chi connectivity index (χ2v) is 6.82. The monoisotopic (exact) mass is 295 g/mol. The summed E-state index contributed by atoms with van der Waals surface area (Å²) in [5.41, 5.74) is 5.14. The van der Waals surface area contributed by atoms with Gasteiger partial charge in [-0.05, 0) is 31.6 Å². The van der Waals surface area contributed by atoms with Gasteiger partial charge in [0.05, 0.1) is 0 Å². The fourth-order valence-corrected chi connectivity index (χ4v) is 4.04. The van der Waals surface area contributed by atoms with Crippen molar-refractivity contribution in [3.63, 3.8) is 0 Å². The Bertz CT molecular complexity index is 383. The largest absolute Gasteiger partial charge is 0.409 e. The Kier molecular flexibility index (Phi) is 5.48. The lowest BCUT2D eigenvalue weighted by molar-refractivity contribution is -0.139. The predicted molar refractivity (Wildman–Crippen MR) is 83.1 cm³/mol. The molecule has 0 heterocycles. The van der Waals surface area contributed by atoms with Crippen molar-refractivity contribution < 1.29 is 10.0 Å². The van der Waals surface area contributed by atoms with Crippen molar-refractivity contribution in [1.29, 1.82) is 0 Å². The summed E-state index contributed by atoms with van der Waals surface area (Å²) < 4.78 is 0. The Labute approximate surface area is 127 Å². The summed E-state index contributed by atoms with van der Waals surface area (Å²) in [7, 11) is 1.87. The van der Waals surface area contributed by atoms with Crippen LogP contribution in [0.1, 0.15) is 64.2 Å². The first-order valence-electron chi connectivity index (χ1n) is 8.34. The van der Waals surface area contributed by atoms with Crippen LogP contribution in [-0.2, 0) is 4.79 Å². The maximum Gasteiger partial charge on any atom is 0.236 e. The summed E-state index contributed by atoms with van der Waals surface area (Å²) in [5, 5.41) is 12.3. The molecule has 0 unspecified atom stereocenters. The van der Waals surface area contributed by atoms with Crippen molar-refractivity contribution in [2.45, 2.75) is 64.2 Å². The van der Waals surface area contributed by atoms with Crippen LogP contribution in [0.2, 0.25) is 0 Å². The molecule has 0 spiro atoms. The van der Waals surface area contributed by atoms with E-state index in [1.54, 1.807) is 0 Å². The third kappa shape index (κ3) is 3.50. The molecule has 120 valence electrons. The number of nitrogens with two attached hydrogens (primary N) is 1. The molecule has 1 amide bonds. The normalized spacial score (nSPS) is 23.8. The Hall–Kier alpha value is -1.26. The molecule has 0 aromatic rings. The number of oxime groups is 1. The summed E-state index contributed by atoms with van der Waals surface area (Å²) in [6.07, 6.45) is 10.8. The highest BCUT2D eigenvalue weighted by molar-refractivity contribution is 6.06. The lowest BCUT2D eigenvalue weighted by atomic mass is 9.72. The molecule has 2 aliphatic carbocycles. The predicted octanol–water partition coefficient (Wildman–Crippen LogP) is 2.72. The van der Waals surface area contributed by atoms with E-state index in [1.807, 2.05) is 11.9 Å². The number of carbonyl (C=O) groups is 1. The molecular weight excluding hydrogens is 266 g/mol. The summed E-state index contributed by atoms with van der Waals surface area (Å²) in [6, 6.07) is 0. The molecule has 0 aromatic carbocycles. The summed E-state index contributed by atoms with van der Waals surface area (Å²) in [6.45, 7) is 0.805. The first kappa shape index (κ1) is 16.1. The van der Waals surface area contributed by atoms with E-state index in [9.17, 15) is 4.79 Å². The Morgan fingerprint density at radius 1 is 1.19 bits per heavy atom. The molecule has 0 atom stereocenters. The second-order valence-electron chi connectivity index (χ2n) is 6.82. The highest BCUT2D eigenvalue weighted by Crippen LogP contribution is 2.38. The minimum Gasteiger partial charge on any atom is -0.409 e. The molecule has 0 saturated heterocycles. The van der Waals surface area contributed by atoms with Crippen LogP contribution < -0.4 is 5.73 Å². The van der Waals surface area contributed by atoms with Crippen LogP contribution in [0.15, 0.2) is 5.16 Å². The highest BCUT2D eigenvalue weighted by Gasteiger charge is 2.45. The molecule has 2 rings (SSSR count). The van der Waals surface area contributed by atoms with Crippen molar-refractivity contribution in [3.8, 4) is 0 Å². The Morgan fingerprint density at radius 2 is 1.76 bits per heavy atom. The number of amides is 1. The summed E-state index contributed by atoms with van der Waals surface area (Å²) >= 11 is 0. The molecule has 21 heavy (non-hydrogen) atoms. The van der Waals surface area contributed by atoms with Crippen LogP contribution in [-0.4, -0.2) is 35.4 Å². The van der Waals surface area contributed by atoms with Crippen LogP contribution in [0, 0.1) is 11.3 Å². The average Bonchev–Trinajstić information content (AvgIpc) is 2.54. The molecule has 0 aromatic heterocycles. The van der Waals surface area contributed by atoms with Crippen LogP contribution in [0.4, 0.5) is 0 Å². The fourth-order valence-electron chi connectivity index (χ4n) is 4.04. The standard InChI is InChI=1S/C16H29N3O2/c1-19(12-13-8-4-2-5-9-13)15(20)16(14(17)18-21)10-6-3-7-11-16/h13,21H,2-12H2,1H3,(H2,17,18). The third-order valence-electron chi connectivity index (χ3n) is 5.32. The van der Waals surface area contributed by atoms with E-state index in [4.69, 9.17) is 10.9 Å². The molecular formula is C16H29N3O2. The van der Waals surface area contributed by atoms with Crippen LogP contribution in [0.3, 0.4) is 0 Å². The molecule has 2 saturated carbocycles. The van der Waals surface area contributed by atoms with E-state index in [0.717, 1.165) is 25.8 Å². The van der Waals surface area contributed by atoms with Gasteiger partial charge in [0.15, 0.2) is 5.84 Å². The van der Waals surface area contributed by atoms with E-state index in [0.29, 0.717) is 18.8 Å². The number of amidine groups is 1. The fraction of sp³-hybridized carbons (Fsp3) is 0.875. The van der Waals surface area contributed by atoms with Gasteiger partial charge >= 0.3 is 0 Å². The minimum absolute atomic E-state index is 0.0445. The molecule has 0 radical (unpaired) electrons. The number of nitrogens with zero attached hydrogens (tertiary/aromatic N) is 2. The first-order chi connectivity index (χ1) is 10.1. The third-order valence-corrected chi connectivity index (χ3v) is 5.32. The van der Waals surface area contributed by atoms with Crippen molar-refractivity contribution in [2.24, 2.45) is 22.2 Å². The average molecular weight is 295 g/mol. The topological polar surface area (TPSA) is 78.9 Å². The first-order valence-corrected chi connectivity index (χ1v) is 8.34. The van der Waals surface area contributed by atoms with E-state index in [-0.39, 0.29) is 11.7 Å². The Morgan fingerprint density at radius 3 is 2.33 bits per heavy atom. The molecule has 3 N–H and O–H groups in total. The van der Waals surface area contributed by atoms with Crippen LogP contribution >= 0.6 is 0 Å². The number of rotatable bonds is 4. The van der Waals surface area contributed by atoms with Crippen LogP contribution in [0.5, 0.6) is 0 Å². The van der Waals surface area contributed by atoms with Crippen molar-refractivity contribution in [2.75, 3.05) is 13.6 Å². The SMILES string of the molecule is CN(CC1CCCCC1)C(=O)C1(C(N)=NO)CCCCC1. The van der Waals surface area contributed by atoms with Gasteiger partial charge in [-0.1, -0.05) is 43.7 Å². The van der Waals surface area contributed by atoms with Gasteiger partial charge in [0, 0.05) is 13.6 Å². The van der Waals surface area contributed by atoms with Gasteiger partial charge in [0.25, 0.3) is 0 Å². The van der Waals surface area contributed by atoms with Gasteiger partial charge in [-0.3, -0.25) is 4.79 Å². The van der Waals surface area contributed by atoms with Gasteiger partial charge in [-0.15, -0.1) is 0 Å². The highest BCUT2D eigenvalue weighted by atomic mass is 16.4. The lowest BCUT2D eigenvalue weighted by Gasteiger charge is -2.38. The molecule has 0 bridgehead atoms. The van der Waals surface area contributed by atoms with E-state index < -0.39 is 5.41 Å². The van der Waals surface area contributed by atoms with Gasteiger partial charge in [0.1, 0.15) is 5.41 Å². The summed E-state index contributed by atoms with van der Waals surface area (Å²) in [5.74, 6) is 0.756. The smallest absolute Gasteiger partial charge is 0.236 e. The molecule has 0 aliphatic heterocycles. The zero-order chi connectivity index (χ0) is 15.3. The van der Waals surface area contributed by atoms with E-state index >= 15 is 0 Å². The quantitative estimate of drug-likeness (QED) is 0.362. The molecule has 2 aliphatic rings. The summed E-state index contributed by atoms with van der Waals surface area (Å²) in [4.78, 5) is 14.8. The van der Waals surface area contributed by atoms with Crippen molar-refractivity contribution >= 4 is 11.7 Å². The van der Waals surface area contributed by atoms with Crippen molar-refractivity contribution in [1.82, 2.24) is 4.90 Å². The Balaban J connectivity index is 2.06. The molecule has 5 nitrogen and oxygen atoms in total.